The molecule has 0 spiro atoms. The third kappa shape index (κ3) is 4.52. The van der Waals surface area contributed by atoms with E-state index in [1.54, 1.807) is 42.5 Å². The number of methoxy groups -OCH3 is 1. The van der Waals surface area contributed by atoms with E-state index in [1.807, 2.05) is 48.0 Å². The van der Waals surface area contributed by atoms with Crippen LogP contribution < -0.4 is 10.2 Å². The van der Waals surface area contributed by atoms with Gasteiger partial charge in [0.1, 0.15) is 5.57 Å². The molecule has 3 aromatic carbocycles. The summed E-state index contributed by atoms with van der Waals surface area (Å²) in [6, 6.07) is 20.9. The molecule has 1 fully saturated rings. The first-order valence-corrected chi connectivity index (χ1v) is 11.6. The predicted molar refractivity (Wildman–Crippen MR) is 139 cm³/mol. The Morgan fingerprint density at radius 1 is 0.973 bits per heavy atom. The molecule has 0 unspecified atom stereocenters. The summed E-state index contributed by atoms with van der Waals surface area (Å²) < 4.78 is 6.80. The van der Waals surface area contributed by atoms with Crippen LogP contribution in [-0.4, -0.2) is 35.5 Å². The molecule has 4 aromatic rings. The summed E-state index contributed by atoms with van der Waals surface area (Å²) in [5.41, 5.74) is 4.07. The number of nitrogens with zero attached hydrogens (tertiary/aromatic N) is 2. The van der Waals surface area contributed by atoms with E-state index < -0.39 is 23.8 Å². The smallest absolute Gasteiger partial charge is 0.337 e. The first-order valence-electron chi connectivity index (χ1n) is 11.6. The van der Waals surface area contributed by atoms with Crippen LogP contribution in [0.1, 0.15) is 27.0 Å². The number of barbiturate groups is 1. The van der Waals surface area contributed by atoms with Crippen LogP contribution in [0.25, 0.3) is 17.0 Å². The van der Waals surface area contributed by atoms with Gasteiger partial charge in [0, 0.05) is 29.2 Å². The molecule has 1 saturated heterocycles. The van der Waals surface area contributed by atoms with Crippen LogP contribution >= 0.6 is 0 Å². The van der Waals surface area contributed by atoms with Crippen LogP contribution in [-0.2, 0) is 20.9 Å². The number of ether oxygens (including phenoxy) is 1. The van der Waals surface area contributed by atoms with E-state index in [-0.39, 0.29) is 5.57 Å². The van der Waals surface area contributed by atoms with Crippen LogP contribution in [0.5, 0.6) is 0 Å². The van der Waals surface area contributed by atoms with Gasteiger partial charge in [0.05, 0.1) is 18.4 Å². The van der Waals surface area contributed by atoms with Crippen LogP contribution in [0.2, 0.25) is 0 Å². The van der Waals surface area contributed by atoms with E-state index >= 15 is 0 Å². The van der Waals surface area contributed by atoms with Gasteiger partial charge in [0.25, 0.3) is 11.8 Å². The Hall–Kier alpha value is -4.98. The van der Waals surface area contributed by atoms with Crippen molar-refractivity contribution in [1.29, 1.82) is 0 Å². The predicted octanol–water partition coefficient (Wildman–Crippen LogP) is 4.45. The van der Waals surface area contributed by atoms with Gasteiger partial charge in [-0.05, 0) is 48.9 Å². The number of para-hydroxylation sites is 1. The van der Waals surface area contributed by atoms with Gasteiger partial charge in [0.2, 0.25) is 0 Å². The zero-order valence-electron chi connectivity index (χ0n) is 20.2. The molecule has 8 nitrogen and oxygen atoms in total. The second-order valence-corrected chi connectivity index (χ2v) is 8.71. The van der Waals surface area contributed by atoms with E-state index in [9.17, 15) is 19.2 Å². The molecular weight excluding hydrogens is 470 g/mol. The molecule has 0 bridgehead atoms. The SMILES string of the molecule is COC(=O)c1cccc(Cn2cc(/C=C3\C(=O)NC(=O)N(c4ccc(C)cc4)C3=O)c3ccccc32)c1. The lowest BCUT2D eigenvalue weighted by molar-refractivity contribution is -0.122. The fourth-order valence-corrected chi connectivity index (χ4v) is 4.37. The number of nitrogens with one attached hydrogen (secondary N) is 1. The number of carbonyl (C=O) groups is 4. The highest BCUT2D eigenvalue weighted by Crippen LogP contribution is 2.27. The molecule has 1 N–H and O–H groups in total. The number of hydrogen-bond donors (Lipinski definition) is 1. The summed E-state index contributed by atoms with van der Waals surface area (Å²) in [5.74, 6) is -1.86. The average Bonchev–Trinajstić information content (AvgIpc) is 3.24. The fraction of sp³-hybridized carbons (Fsp3) is 0.103. The van der Waals surface area contributed by atoms with Gasteiger partial charge < -0.3 is 9.30 Å². The fourth-order valence-electron chi connectivity index (χ4n) is 4.37. The number of fused-ring (bicyclic) bond motifs is 1. The highest BCUT2D eigenvalue weighted by Gasteiger charge is 2.37. The maximum absolute atomic E-state index is 13.3. The number of hydrogen-bond acceptors (Lipinski definition) is 5. The molecule has 5 rings (SSSR count). The van der Waals surface area contributed by atoms with Crippen molar-refractivity contribution in [3.63, 3.8) is 0 Å². The summed E-state index contributed by atoms with van der Waals surface area (Å²) >= 11 is 0. The summed E-state index contributed by atoms with van der Waals surface area (Å²) in [4.78, 5) is 51.5. The van der Waals surface area contributed by atoms with Crippen LogP contribution in [0, 0.1) is 6.92 Å². The standard InChI is InChI=1S/C29H23N3O5/c1-18-10-12-22(13-11-18)32-27(34)24(26(33)30-29(32)36)15-21-17-31(25-9-4-3-8-23(21)25)16-19-6-5-7-20(14-19)28(35)37-2/h3-15,17H,16H2,1-2H3,(H,30,33,36)/b24-15+. The van der Waals surface area contributed by atoms with Gasteiger partial charge in [-0.15, -0.1) is 0 Å². The summed E-state index contributed by atoms with van der Waals surface area (Å²) in [6.45, 7) is 2.35. The Kier molecular flexibility index (Phi) is 6.15. The van der Waals surface area contributed by atoms with Crippen molar-refractivity contribution >= 4 is 46.5 Å². The number of aromatic nitrogens is 1. The molecule has 184 valence electrons. The third-order valence-electron chi connectivity index (χ3n) is 6.21. The van der Waals surface area contributed by atoms with Gasteiger partial charge in [-0.25, -0.2) is 14.5 Å². The Bertz CT molecular complexity index is 1600. The van der Waals surface area contributed by atoms with E-state index in [0.717, 1.165) is 26.9 Å². The lowest BCUT2D eigenvalue weighted by atomic mass is 10.1. The molecule has 0 atom stereocenters. The highest BCUT2D eigenvalue weighted by atomic mass is 16.5. The first kappa shape index (κ1) is 23.7. The maximum Gasteiger partial charge on any atom is 0.337 e. The molecule has 37 heavy (non-hydrogen) atoms. The third-order valence-corrected chi connectivity index (χ3v) is 6.21. The van der Waals surface area contributed by atoms with E-state index in [2.05, 4.69) is 5.32 Å². The minimum Gasteiger partial charge on any atom is -0.465 e. The zero-order chi connectivity index (χ0) is 26.1. The Balaban J connectivity index is 1.54. The number of aryl methyl sites for hydroxylation is 1. The molecular formula is C29H23N3O5. The van der Waals surface area contributed by atoms with Gasteiger partial charge in [0.15, 0.2) is 0 Å². The molecule has 0 radical (unpaired) electrons. The Labute approximate surface area is 212 Å². The van der Waals surface area contributed by atoms with E-state index in [4.69, 9.17) is 4.74 Å². The second-order valence-electron chi connectivity index (χ2n) is 8.71. The van der Waals surface area contributed by atoms with Crippen molar-refractivity contribution in [3.05, 3.63) is 107 Å². The van der Waals surface area contributed by atoms with Gasteiger partial charge in [-0.1, -0.05) is 48.0 Å². The van der Waals surface area contributed by atoms with Crippen molar-refractivity contribution in [2.75, 3.05) is 12.0 Å². The van der Waals surface area contributed by atoms with Crippen LogP contribution in [0.4, 0.5) is 10.5 Å². The Morgan fingerprint density at radius 2 is 1.73 bits per heavy atom. The second kappa shape index (κ2) is 9.58. The molecule has 2 heterocycles. The summed E-state index contributed by atoms with van der Waals surface area (Å²) in [5, 5.41) is 3.10. The zero-order valence-corrected chi connectivity index (χ0v) is 20.2. The molecule has 4 amide bonds. The van der Waals surface area contributed by atoms with Crippen molar-refractivity contribution < 1.29 is 23.9 Å². The van der Waals surface area contributed by atoms with Gasteiger partial charge >= 0.3 is 12.0 Å². The number of anilines is 1. The first-order chi connectivity index (χ1) is 17.9. The molecule has 0 aliphatic carbocycles. The van der Waals surface area contributed by atoms with E-state index in [1.165, 1.54) is 13.2 Å². The number of carbonyl (C=O) groups excluding carboxylic acids is 4. The number of urea groups is 1. The topological polar surface area (TPSA) is 97.7 Å². The Morgan fingerprint density at radius 3 is 2.49 bits per heavy atom. The molecule has 0 saturated carbocycles. The quantitative estimate of drug-likeness (QED) is 0.252. The largest absolute Gasteiger partial charge is 0.465 e. The van der Waals surface area contributed by atoms with Crippen LogP contribution in [0.15, 0.2) is 84.6 Å². The van der Waals surface area contributed by atoms with Crippen molar-refractivity contribution in [2.45, 2.75) is 13.5 Å². The average molecular weight is 494 g/mol. The number of rotatable bonds is 5. The number of imide groups is 2. The number of esters is 1. The minimum atomic E-state index is -0.788. The monoisotopic (exact) mass is 493 g/mol. The summed E-state index contributed by atoms with van der Waals surface area (Å²) in [7, 11) is 1.34. The lowest BCUT2D eigenvalue weighted by Gasteiger charge is -2.26. The van der Waals surface area contributed by atoms with Crippen molar-refractivity contribution in [3.8, 4) is 0 Å². The van der Waals surface area contributed by atoms with Crippen LogP contribution in [0.3, 0.4) is 0 Å². The molecule has 1 aliphatic heterocycles. The van der Waals surface area contributed by atoms with Crippen molar-refractivity contribution in [2.24, 2.45) is 0 Å². The van der Waals surface area contributed by atoms with Gasteiger partial charge in [-0.2, -0.15) is 0 Å². The minimum absolute atomic E-state index is 0.143. The molecule has 1 aromatic heterocycles. The molecule has 1 aliphatic rings. The lowest BCUT2D eigenvalue weighted by Crippen LogP contribution is -2.54. The number of benzene rings is 3. The van der Waals surface area contributed by atoms with Gasteiger partial charge in [-0.3, -0.25) is 14.9 Å². The van der Waals surface area contributed by atoms with E-state index in [0.29, 0.717) is 23.4 Å². The maximum atomic E-state index is 13.3. The van der Waals surface area contributed by atoms with Crippen molar-refractivity contribution in [1.82, 2.24) is 9.88 Å². The number of amides is 4. The summed E-state index contributed by atoms with van der Waals surface area (Å²) in [6.07, 6.45) is 3.35. The molecule has 8 heteroatoms. The highest BCUT2D eigenvalue weighted by molar-refractivity contribution is 6.39. The normalized spacial score (nSPS) is 14.8.